The van der Waals surface area contributed by atoms with Crippen LogP contribution in [-0.2, 0) is 34.4 Å². The van der Waals surface area contributed by atoms with Crippen molar-refractivity contribution in [1.29, 1.82) is 0 Å². The average molecular weight is 858 g/mol. The van der Waals surface area contributed by atoms with Gasteiger partial charge in [0.05, 0.1) is 76.5 Å². The number of hydrogen-bond acceptors (Lipinski definition) is 13. The van der Waals surface area contributed by atoms with Gasteiger partial charge in [0, 0.05) is 46.9 Å². The van der Waals surface area contributed by atoms with Crippen molar-refractivity contribution in [2.75, 3.05) is 74.7 Å². The van der Waals surface area contributed by atoms with Gasteiger partial charge in [0.25, 0.3) is 0 Å². The first kappa shape index (κ1) is 44.3. The number of urea groups is 1. The van der Waals surface area contributed by atoms with Crippen molar-refractivity contribution in [3.8, 4) is 28.7 Å². The van der Waals surface area contributed by atoms with Gasteiger partial charge in [-0.3, -0.25) is 9.52 Å². The van der Waals surface area contributed by atoms with Crippen LogP contribution in [0.4, 0.5) is 33.4 Å². The lowest BCUT2D eigenvalue weighted by molar-refractivity contribution is -0.145. The number of esters is 1. The highest BCUT2D eigenvalue weighted by atomic mass is 32.2. The molecule has 2 atom stereocenters. The quantitative estimate of drug-likeness (QED) is 0.0519. The topological polar surface area (TPSA) is 194 Å². The standard InChI is InChI=1S/C44H51N5O11S/c1-44(2,3)28-19-37(41(55-5)38(20-28)49-61(7,52)53)48-43(51)47-36-12-13-39(35-11-9-8-10-34(35)36)60-30-14-15-45-40(24-30)46-29-21-31(54-4)23-32(22-29)58-17-16-57-26-33-18-27(25-59-33)42(50)56-6/h8-15,19-24,27,33,49H,16-18,25-26H2,1-7H3,(H,45,46)(H2,47,48,51). The van der Waals surface area contributed by atoms with E-state index in [-0.39, 0.29) is 47.1 Å². The maximum atomic E-state index is 13.5. The van der Waals surface area contributed by atoms with Crippen LogP contribution in [0.25, 0.3) is 10.8 Å². The van der Waals surface area contributed by atoms with Crippen molar-refractivity contribution < 1.29 is 51.2 Å². The second-order valence-corrected chi connectivity index (χ2v) is 17.0. The van der Waals surface area contributed by atoms with Crippen molar-refractivity contribution in [2.45, 2.75) is 38.7 Å². The molecular formula is C44H51N5O11S. The number of anilines is 5. The van der Waals surface area contributed by atoms with E-state index in [4.69, 9.17) is 33.2 Å². The van der Waals surface area contributed by atoms with E-state index in [9.17, 15) is 18.0 Å². The third-order valence-electron chi connectivity index (χ3n) is 9.60. The molecule has 0 saturated carbocycles. The number of carbonyl (C=O) groups is 2. The van der Waals surface area contributed by atoms with Gasteiger partial charge in [0.15, 0.2) is 5.75 Å². The number of carbonyl (C=O) groups excluding carboxylic acids is 2. The number of nitrogens with zero attached hydrogens (tertiary/aromatic N) is 1. The number of aromatic nitrogens is 1. The second-order valence-electron chi connectivity index (χ2n) is 15.3. The molecule has 0 bridgehead atoms. The summed E-state index contributed by atoms with van der Waals surface area (Å²) in [7, 11) is 0.695. The monoisotopic (exact) mass is 857 g/mol. The molecule has 0 spiro atoms. The van der Waals surface area contributed by atoms with E-state index in [1.807, 2.05) is 57.2 Å². The van der Waals surface area contributed by atoms with E-state index in [2.05, 4.69) is 25.7 Å². The summed E-state index contributed by atoms with van der Waals surface area (Å²) in [6.45, 7) is 7.21. The van der Waals surface area contributed by atoms with Crippen LogP contribution in [-0.4, -0.2) is 85.5 Å². The first-order valence-electron chi connectivity index (χ1n) is 19.4. The number of rotatable bonds is 17. The summed E-state index contributed by atoms with van der Waals surface area (Å²) in [4.78, 5) is 29.8. The van der Waals surface area contributed by atoms with Gasteiger partial charge in [-0.05, 0) is 47.7 Å². The molecule has 6 rings (SSSR count). The predicted molar refractivity (Wildman–Crippen MR) is 234 cm³/mol. The number of nitrogens with one attached hydrogen (secondary N) is 4. The number of hydrogen-bond donors (Lipinski definition) is 4. The zero-order chi connectivity index (χ0) is 43.7. The lowest BCUT2D eigenvalue weighted by Gasteiger charge is -2.24. The number of pyridine rings is 1. The highest BCUT2D eigenvalue weighted by Crippen LogP contribution is 2.40. The molecule has 0 radical (unpaired) electrons. The lowest BCUT2D eigenvalue weighted by atomic mass is 9.86. The fraction of sp³-hybridized carbons (Fsp3) is 0.341. The summed E-state index contributed by atoms with van der Waals surface area (Å²) in [6, 6.07) is 22.8. The molecule has 2 amide bonds. The van der Waals surface area contributed by atoms with Crippen molar-refractivity contribution in [2.24, 2.45) is 5.92 Å². The number of benzene rings is 4. The Kier molecular flexibility index (Phi) is 14.1. The molecule has 5 aromatic rings. The minimum Gasteiger partial charge on any atom is -0.497 e. The van der Waals surface area contributed by atoms with Gasteiger partial charge in [0.2, 0.25) is 10.0 Å². The number of fused-ring (bicyclic) bond motifs is 1. The number of sulfonamides is 1. The Labute approximate surface area is 355 Å². The predicted octanol–water partition coefficient (Wildman–Crippen LogP) is 8.07. The maximum Gasteiger partial charge on any atom is 0.323 e. The van der Waals surface area contributed by atoms with Crippen LogP contribution in [0.3, 0.4) is 0 Å². The molecule has 61 heavy (non-hydrogen) atoms. The number of amides is 2. The molecule has 1 aliphatic rings. The van der Waals surface area contributed by atoms with E-state index in [0.717, 1.165) is 17.2 Å². The highest BCUT2D eigenvalue weighted by molar-refractivity contribution is 7.92. The summed E-state index contributed by atoms with van der Waals surface area (Å²) in [5, 5.41) is 10.5. The minimum atomic E-state index is -3.65. The SMILES string of the molecule is COC(=O)C1COC(COCCOc2cc(Nc3cc(Oc4ccc(NC(=O)Nc5cc(C(C)(C)C)cc(NS(C)(=O)=O)c5OC)c5ccccc45)ccn3)cc(OC)c2)C1. The van der Waals surface area contributed by atoms with Crippen LogP contribution in [0.2, 0.25) is 0 Å². The Morgan fingerprint density at radius 3 is 2.30 bits per heavy atom. The Morgan fingerprint density at radius 2 is 1.57 bits per heavy atom. The highest BCUT2D eigenvalue weighted by Gasteiger charge is 2.31. The van der Waals surface area contributed by atoms with E-state index in [0.29, 0.717) is 71.8 Å². The van der Waals surface area contributed by atoms with Crippen LogP contribution in [0.1, 0.15) is 32.8 Å². The van der Waals surface area contributed by atoms with E-state index in [1.54, 1.807) is 55.8 Å². The molecule has 17 heteroatoms. The van der Waals surface area contributed by atoms with E-state index >= 15 is 0 Å². The van der Waals surface area contributed by atoms with Crippen LogP contribution in [0, 0.1) is 5.92 Å². The molecular weight excluding hydrogens is 807 g/mol. The fourth-order valence-electron chi connectivity index (χ4n) is 6.64. The molecule has 1 saturated heterocycles. The summed E-state index contributed by atoms with van der Waals surface area (Å²) in [5.74, 6) is 2.30. The number of ether oxygens (including phenoxy) is 7. The lowest BCUT2D eigenvalue weighted by Crippen LogP contribution is -2.22. The van der Waals surface area contributed by atoms with E-state index in [1.165, 1.54) is 14.2 Å². The zero-order valence-corrected chi connectivity index (χ0v) is 35.9. The average Bonchev–Trinajstić information content (AvgIpc) is 3.69. The molecule has 324 valence electrons. The van der Waals surface area contributed by atoms with Crippen LogP contribution in [0.5, 0.6) is 28.7 Å². The molecule has 1 fully saturated rings. The molecule has 0 aliphatic carbocycles. The van der Waals surface area contributed by atoms with Crippen molar-refractivity contribution in [3.05, 3.63) is 90.6 Å². The van der Waals surface area contributed by atoms with Gasteiger partial charge in [0.1, 0.15) is 35.4 Å². The molecule has 2 heterocycles. The van der Waals surface area contributed by atoms with Crippen molar-refractivity contribution >= 4 is 61.4 Å². The smallest absolute Gasteiger partial charge is 0.323 e. The number of methoxy groups -OCH3 is 3. The first-order chi connectivity index (χ1) is 29.1. The first-order valence-corrected chi connectivity index (χ1v) is 21.3. The summed E-state index contributed by atoms with van der Waals surface area (Å²) in [6.07, 6.45) is 3.06. The maximum absolute atomic E-state index is 13.5. The Morgan fingerprint density at radius 1 is 0.836 bits per heavy atom. The van der Waals surface area contributed by atoms with Gasteiger partial charge in [-0.25, -0.2) is 18.2 Å². The Bertz CT molecular complexity index is 2470. The van der Waals surface area contributed by atoms with Crippen molar-refractivity contribution in [3.63, 3.8) is 0 Å². The second kappa shape index (κ2) is 19.4. The Balaban J connectivity index is 1.11. The summed E-state index contributed by atoms with van der Waals surface area (Å²) >= 11 is 0. The van der Waals surface area contributed by atoms with Gasteiger partial charge in [-0.1, -0.05) is 45.0 Å². The van der Waals surface area contributed by atoms with Gasteiger partial charge in [-0.2, -0.15) is 0 Å². The molecule has 4 aromatic carbocycles. The van der Waals surface area contributed by atoms with Gasteiger partial charge in [-0.15, -0.1) is 0 Å². The van der Waals surface area contributed by atoms with Crippen LogP contribution >= 0.6 is 0 Å². The zero-order valence-electron chi connectivity index (χ0n) is 35.1. The van der Waals surface area contributed by atoms with Crippen LogP contribution < -0.4 is 39.6 Å². The normalized spacial score (nSPS) is 15.1. The van der Waals surface area contributed by atoms with Gasteiger partial charge < -0.3 is 49.1 Å². The molecule has 1 aliphatic heterocycles. The molecule has 2 unspecified atom stereocenters. The molecule has 4 N–H and O–H groups in total. The minimum absolute atomic E-state index is 0.166. The molecule has 16 nitrogen and oxygen atoms in total. The van der Waals surface area contributed by atoms with Crippen LogP contribution in [0.15, 0.2) is 85.1 Å². The van der Waals surface area contributed by atoms with E-state index < -0.39 is 16.1 Å². The third kappa shape index (κ3) is 11.9. The van der Waals surface area contributed by atoms with Gasteiger partial charge >= 0.3 is 12.0 Å². The van der Waals surface area contributed by atoms with Crippen molar-refractivity contribution in [1.82, 2.24) is 4.98 Å². The summed E-state index contributed by atoms with van der Waals surface area (Å²) < 4.78 is 66.5. The Hall–Kier alpha value is -6.30. The third-order valence-corrected chi connectivity index (χ3v) is 10.2. The fourth-order valence-corrected chi connectivity index (χ4v) is 7.20. The largest absolute Gasteiger partial charge is 0.497 e. The molecule has 1 aromatic heterocycles. The summed E-state index contributed by atoms with van der Waals surface area (Å²) in [5.41, 5.74) is 2.08.